The van der Waals surface area contributed by atoms with E-state index >= 15 is 0 Å². The molecular weight excluding hydrogens is 453 g/mol. The van der Waals surface area contributed by atoms with Crippen molar-refractivity contribution < 1.29 is 4.79 Å². The fourth-order valence-corrected chi connectivity index (χ4v) is 5.46. The van der Waals surface area contributed by atoms with Gasteiger partial charge in [0.2, 0.25) is 0 Å². The fraction of sp³-hybridized carbons (Fsp3) is 0.370. The number of allylic oxidation sites excluding steroid dienone is 2. The molecule has 0 aromatic heterocycles. The monoisotopic (exact) mass is 481 g/mol. The van der Waals surface area contributed by atoms with Crippen molar-refractivity contribution in [1.82, 2.24) is 4.90 Å². The van der Waals surface area contributed by atoms with Crippen LogP contribution in [0.15, 0.2) is 59.8 Å². The lowest BCUT2D eigenvalue weighted by molar-refractivity contribution is -0.115. The molecule has 5 rings (SSSR count). The van der Waals surface area contributed by atoms with Crippen molar-refractivity contribution >= 4 is 46.6 Å². The first-order valence-corrected chi connectivity index (χ1v) is 12.5. The smallest absolute Gasteiger partial charge is 0.258 e. The number of anilines is 2. The normalized spacial score (nSPS) is 23.0. The van der Waals surface area contributed by atoms with Crippen LogP contribution in [0.2, 0.25) is 10.0 Å². The summed E-state index contributed by atoms with van der Waals surface area (Å²) in [6.45, 7) is 4.08. The van der Waals surface area contributed by atoms with Gasteiger partial charge in [0.25, 0.3) is 5.91 Å². The van der Waals surface area contributed by atoms with E-state index in [1.165, 1.54) is 5.69 Å². The summed E-state index contributed by atoms with van der Waals surface area (Å²) in [6.07, 6.45) is 8.37. The van der Waals surface area contributed by atoms with Gasteiger partial charge < -0.3 is 9.80 Å². The molecule has 2 fully saturated rings. The molecule has 6 heteroatoms. The number of hydrogen-bond acceptors (Lipinski definition) is 3. The van der Waals surface area contributed by atoms with Gasteiger partial charge in [-0.2, -0.15) is 0 Å². The number of carbonyl (C=O) groups excluding carboxylic acids is 1. The van der Waals surface area contributed by atoms with Crippen LogP contribution in [-0.2, 0) is 4.79 Å². The molecule has 2 heterocycles. The van der Waals surface area contributed by atoms with Gasteiger partial charge in [0.15, 0.2) is 0 Å². The molecular formula is C27H29Cl2N3O. The maximum Gasteiger partial charge on any atom is 0.258 e. The number of hydrogen-bond donors (Lipinski definition) is 0. The van der Waals surface area contributed by atoms with Gasteiger partial charge in [0.05, 0.1) is 15.7 Å². The molecule has 3 aliphatic rings. The van der Waals surface area contributed by atoms with E-state index in [1.807, 2.05) is 11.0 Å². The van der Waals surface area contributed by atoms with Gasteiger partial charge in [-0.25, -0.2) is 0 Å². The first-order chi connectivity index (χ1) is 16.0. The van der Waals surface area contributed by atoms with E-state index in [1.54, 1.807) is 12.1 Å². The Morgan fingerprint density at radius 3 is 2.58 bits per heavy atom. The summed E-state index contributed by atoms with van der Waals surface area (Å²) in [5, 5.41) is 0.961. The molecule has 2 aromatic rings. The molecule has 1 aliphatic carbocycles. The molecule has 0 N–H and O–H groups in total. The number of amides is 1. The Balaban J connectivity index is 1.53. The van der Waals surface area contributed by atoms with E-state index in [0.717, 1.165) is 74.4 Å². The van der Waals surface area contributed by atoms with Crippen molar-refractivity contribution in [3.05, 3.63) is 75.4 Å². The van der Waals surface area contributed by atoms with E-state index in [-0.39, 0.29) is 5.91 Å². The zero-order valence-electron chi connectivity index (χ0n) is 18.9. The predicted molar refractivity (Wildman–Crippen MR) is 138 cm³/mol. The Bertz CT molecular complexity index is 1120. The number of carbonyl (C=O) groups is 1. The first-order valence-electron chi connectivity index (χ1n) is 11.7. The minimum atomic E-state index is 0.0333. The number of benzene rings is 2. The Kier molecular flexibility index (Phi) is 6.51. The zero-order chi connectivity index (χ0) is 22.9. The first kappa shape index (κ1) is 22.5. The molecule has 4 nitrogen and oxygen atoms in total. The highest BCUT2D eigenvalue weighted by Gasteiger charge is 2.36. The molecule has 0 spiro atoms. The maximum absolute atomic E-state index is 13.8. The number of fused-ring (bicyclic) bond motifs is 1. The lowest BCUT2D eigenvalue weighted by Gasteiger charge is -2.39. The van der Waals surface area contributed by atoms with Crippen molar-refractivity contribution in [3.8, 4) is 0 Å². The summed E-state index contributed by atoms with van der Waals surface area (Å²) < 4.78 is 0. The number of rotatable bonds is 3. The number of nitrogens with zero attached hydrogens (tertiary/aromatic N) is 3. The fourth-order valence-electron chi connectivity index (χ4n) is 5.17. The summed E-state index contributed by atoms with van der Waals surface area (Å²) in [7, 11) is 2.17. The van der Waals surface area contributed by atoms with Crippen LogP contribution in [0, 0.1) is 5.92 Å². The van der Waals surface area contributed by atoms with Crippen LogP contribution in [0.4, 0.5) is 11.4 Å². The van der Waals surface area contributed by atoms with Gasteiger partial charge >= 0.3 is 0 Å². The van der Waals surface area contributed by atoms with Gasteiger partial charge in [-0.1, -0.05) is 47.5 Å². The molecule has 0 saturated carbocycles. The topological polar surface area (TPSA) is 26.8 Å². The van der Waals surface area contributed by atoms with E-state index in [0.29, 0.717) is 16.0 Å². The third-order valence-electron chi connectivity index (χ3n) is 7.00. The van der Waals surface area contributed by atoms with Crippen molar-refractivity contribution in [3.63, 3.8) is 0 Å². The van der Waals surface area contributed by atoms with Gasteiger partial charge in [0, 0.05) is 49.1 Å². The summed E-state index contributed by atoms with van der Waals surface area (Å²) in [6, 6.07) is 13.9. The summed E-state index contributed by atoms with van der Waals surface area (Å²) in [5.74, 6) is 0.374. The van der Waals surface area contributed by atoms with Crippen LogP contribution in [0.3, 0.4) is 0 Å². The zero-order valence-corrected chi connectivity index (χ0v) is 20.4. The molecule has 172 valence electrons. The second-order valence-electron chi connectivity index (χ2n) is 9.22. The van der Waals surface area contributed by atoms with Gasteiger partial charge in [-0.15, -0.1) is 0 Å². The highest BCUT2D eigenvalue weighted by Crippen LogP contribution is 2.42. The lowest BCUT2D eigenvalue weighted by atomic mass is 9.81. The second-order valence-corrected chi connectivity index (χ2v) is 10.0. The maximum atomic E-state index is 13.8. The molecule has 2 aromatic carbocycles. The predicted octanol–water partition coefficient (Wildman–Crippen LogP) is 6.25. The van der Waals surface area contributed by atoms with Crippen LogP contribution < -0.4 is 9.80 Å². The van der Waals surface area contributed by atoms with E-state index < -0.39 is 0 Å². The molecule has 33 heavy (non-hydrogen) atoms. The lowest BCUT2D eigenvalue weighted by Crippen LogP contribution is -2.44. The summed E-state index contributed by atoms with van der Waals surface area (Å²) >= 11 is 12.5. The number of para-hydroxylation sites is 1. The second kappa shape index (κ2) is 9.54. The SMILES string of the molecule is CN1CCN(c2ccccc2C=C2CC3CCCC=C3N(c3ccc(Cl)c(Cl)c3)C2=O)CC1. The molecule has 2 saturated heterocycles. The molecule has 1 atom stereocenters. The van der Waals surface area contributed by atoms with Crippen LogP contribution in [-0.4, -0.2) is 44.0 Å². The molecule has 0 radical (unpaired) electrons. The summed E-state index contributed by atoms with van der Waals surface area (Å²) in [4.78, 5) is 20.5. The van der Waals surface area contributed by atoms with Gasteiger partial charge in [0.1, 0.15) is 0 Å². The van der Waals surface area contributed by atoms with Crippen molar-refractivity contribution in [2.45, 2.75) is 25.7 Å². The Morgan fingerprint density at radius 1 is 1.00 bits per heavy atom. The average Bonchev–Trinajstić information content (AvgIpc) is 2.83. The van der Waals surface area contributed by atoms with Crippen LogP contribution in [0.5, 0.6) is 0 Å². The van der Waals surface area contributed by atoms with Crippen molar-refractivity contribution in [2.75, 3.05) is 43.0 Å². The summed E-state index contributed by atoms with van der Waals surface area (Å²) in [5.41, 5.74) is 5.06. The molecule has 0 bridgehead atoms. The average molecular weight is 482 g/mol. The largest absolute Gasteiger partial charge is 0.368 e. The third-order valence-corrected chi connectivity index (χ3v) is 7.74. The van der Waals surface area contributed by atoms with Crippen LogP contribution in [0.25, 0.3) is 6.08 Å². The van der Waals surface area contributed by atoms with Crippen LogP contribution >= 0.6 is 23.2 Å². The molecule has 1 amide bonds. The Labute approximate surface area is 206 Å². The standard InChI is InChI=1S/C27H29Cl2N3O/c1-30-12-14-31(15-13-30)25-8-4-2-6-19(25)16-21-17-20-7-3-5-9-26(20)32(27(21)33)22-10-11-23(28)24(29)18-22/h2,4,6,8-11,16,18,20H,3,5,7,12-15,17H2,1H3. The number of likely N-dealkylation sites (N-methyl/N-ethyl adjacent to an activating group) is 1. The minimum absolute atomic E-state index is 0.0333. The minimum Gasteiger partial charge on any atom is -0.368 e. The molecule has 2 aliphatic heterocycles. The van der Waals surface area contributed by atoms with Gasteiger partial charge in [-0.3, -0.25) is 9.69 Å². The third kappa shape index (κ3) is 4.57. The van der Waals surface area contributed by atoms with Crippen molar-refractivity contribution in [2.24, 2.45) is 5.92 Å². The number of piperazine rings is 1. The van der Waals surface area contributed by atoms with Crippen molar-refractivity contribution in [1.29, 1.82) is 0 Å². The highest BCUT2D eigenvalue weighted by atomic mass is 35.5. The van der Waals surface area contributed by atoms with Gasteiger partial charge in [-0.05, 0) is 68.6 Å². The number of piperidine rings is 1. The highest BCUT2D eigenvalue weighted by molar-refractivity contribution is 6.42. The van der Waals surface area contributed by atoms with E-state index in [4.69, 9.17) is 23.2 Å². The molecule has 1 unspecified atom stereocenters. The van der Waals surface area contributed by atoms with E-state index in [9.17, 15) is 4.79 Å². The van der Waals surface area contributed by atoms with Crippen LogP contribution in [0.1, 0.15) is 31.2 Å². The Morgan fingerprint density at radius 2 is 1.79 bits per heavy atom. The number of halogens is 2. The quantitative estimate of drug-likeness (QED) is 0.484. The Hall–Kier alpha value is -2.27. The van der Waals surface area contributed by atoms with E-state index in [2.05, 4.69) is 53.3 Å².